The first kappa shape index (κ1) is 9.17. The molecule has 9 heavy (non-hydrogen) atoms. The normalized spacial score (nSPS) is 7.56. The Labute approximate surface area is 70.6 Å². The Balaban J connectivity index is 0.000000291. The molecule has 0 radical (unpaired) electrons. The summed E-state index contributed by atoms with van der Waals surface area (Å²) in [6, 6.07) is 10.3. The number of rotatable bonds is 0. The Bertz CT molecular complexity index is 139. The van der Waals surface area contributed by atoms with Crippen molar-refractivity contribution in [1.29, 1.82) is 0 Å². The van der Waals surface area contributed by atoms with Crippen molar-refractivity contribution >= 4 is 9.53 Å². The fraction of sp³-hybridized carbons (Fsp3) is 0.143. The Morgan fingerprint density at radius 1 is 1.11 bits per heavy atom. The van der Waals surface area contributed by atoms with Gasteiger partial charge in [-0.15, -0.1) is 0 Å². The first-order valence-corrected chi connectivity index (χ1v) is 4.53. The van der Waals surface area contributed by atoms with Crippen LogP contribution in [0.1, 0.15) is 5.56 Å². The number of benzene rings is 1. The zero-order chi connectivity index (χ0) is 7.11. The van der Waals surface area contributed by atoms with Crippen LogP contribution in [0.3, 0.4) is 0 Å². The first-order chi connectivity index (χ1) is 4.39. The molecule has 0 aliphatic rings. The van der Waals surface area contributed by atoms with Gasteiger partial charge in [0.25, 0.3) is 0 Å². The third-order valence-corrected chi connectivity index (χ3v) is 0.940. The van der Waals surface area contributed by atoms with E-state index >= 15 is 0 Å². The van der Waals surface area contributed by atoms with Crippen LogP contribution in [0.15, 0.2) is 30.3 Å². The minimum absolute atomic E-state index is 1.32. The topological polar surface area (TPSA) is 0 Å². The standard InChI is InChI=1S/C7H8.ClH.Pd/c1-7-5-3-2-4-6-7;;/h2-6H,1H3;1H;/q;;+1/p-1. The van der Waals surface area contributed by atoms with Gasteiger partial charge in [-0.25, -0.2) is 0 Å². The first-order valence-electron chi connectivity index (χ1n) is 2.53. The summed E-state index contributed by atoms with van der Waals surface area (Å²) >= 11 is 2.22. The Morgan fingerprint density at radius 2 is 1.56 bits per heavy atom. The van der Waals surface area contributed by atoms with E-state index in [4.69, 9.17) is 0 Å². The van der Waals surface area contributed by atoms with E-state index in [1.54, 1.807) is 0 Å². The van der Waals surface area contributed by atoms with Gasteiger partial charge in [-0.05, 0) is 6.92 Å². The molecule has 0 aromatic heterocycles. The molecular weight excluding hydrogens is 226 g/mol. The van der Waals surface area contributed by atoms with Crippen LogP contribution in [0.4, 0.5) is 0 Å². The molecule has 1 rings (SSSR count). The van der Waals surface area contributed by atoms with Crippen molar-refractivity contribution in [3.05, 3.63) is 35.9 Å². The molecule has 0 heterocycles. The molecule has 0 spiro atoms. The summed E-state index contributed by atoms with van der Waals surface area (Å²) in [6.07, 6.45) is 0. The third kappa shape index (κ3) is 4.66. The number of halogens is 1. The maximum absolute atomic E-state index is 4.49. The predicted molar refractivity (Wildman–Crippen MR) is 37.0 cm³/mol. The molecule has 0 fully saturated rings. The number of hydrogen-bond donors (Lipinski definition) is 0. The van der Waals surface area contributed by atoms with Gasteiger partial charge in [0.05, 0.1) is 0 Å². The van der Waals surface area contributed by atoms with Crippen molar-refractivity contribution in [3.8, 4) is 0 Å². The molecule has 0 unspecified atom stereocenters. The molecule has 0 aliphatic heterocycles. The van der Waals surface area contributed by atoms with E-state index in [1.807, 2.05) is 18.2 Å². The van der Waals surface area contributed by atoms with Gasteiger partial charge in [0.1, 0.15) is 0 Å². The van der Waals surface area contributed by atoms with Gasteiger partial charge in [-0.2, -0.15) is 0 Å². The number of hydrogen-bond acceptors (Lipinski definition) is 0. The molecule has 1 aromatic carbocycles. The summed E-state index contributed by atoms with van der Waals surface area (Å²) < 4.78 is 0. The van der Waals surface area contributed by atoms with E-state index in [2.05, 4.69) is 46.8 Å². The third-order valence-electron chi connectivity index (χ3n) is 0.940. The Kier molecular flexibility index (Phi) is 6.42. The summed E-state index contributed by atoms with van der Waals surface area (Å²) in [6.45, 7) is 2.08. The van der Waals surface area contributed by atoms with Crippen molar-refractivity contribution in [2.75, 3.05) is 0 Å². The van der Waals surface area contributed by atoms with E-state index in [9.17, 15) is 0 Å². The molecule has 0 saturated carbocycles. The van der Waals surface area contributed by atoms with Crippen molar-refractivity contribution in [1.82, 2.24) is 0 Å². The van der Waals surface area contributed by atoms with Crippen molar-refractivity contribution in [3.63, 3.8) is 0 Å². The quantitative estimate of drug-likeness (QED) is 0.605. The monoisotopic (exact) mass is 233 g/mol. The van der Waals surface area contributed by atoms with Crippen LogP contribution in [-0.4, -0.2) is 0 Å². The van der Waals surface area contributed by atoms with E-state index < -0.39 is 0 Å². The number of aryl methyl sites for hydroxylation is 1. The van der Waals surface area contributed by atoms with Crippen LogP contribution in [0.2, 0.25) is 0 Å². The van der Waals surface area contributed by atoms with Crippen LogP contribution < -0.4 is 0 Å². The van der Waals surface area contributed by atoms with Gasteiger partial charge < -0.3 is 0 Å². The molecule has 0 bridgehead atoms. The molecule has 1 aromatic rings. The van der Waals surface area contributed by atoms with E-state index in [1.165, 1.54) is 5.56 Å². The SMILES string of the molecule is Cc1ccccc1.[Cl][Pd]. The molecular formula is C7H8ClPd. The van der Waals surface area contributed by atoms with E-state index in [0.29, 0.717) is 0 Å². The van der Waals surface area contributed by atoms with Gasteiger partial charge in [0.15, 0.2) is 0 Å². The van der Waals surface area contributed by atoms with Crippen molar-refractivity contribution < 1.29 is 18.2 Å². The van der Waals surface area contributed by atoms with Gasteiger partial charge in [-0.3, -0.25) is 0 Å². The second-order valence-electron chi connectivity index (χ2n) is 1.65. The van der Waals surface area contributed by atoms with Crippen LogP contribution >= 0.6 is 9.53 Å². The second-order valence-corrected chi connectivity index (χ2v) is 1.65. The molecule has 0 atom stereocenters. The second kappa shape index (κ2) is 6.29. The zero-order valence-electron chi connectivity index (χ0n) is 5.08. The fourth-order valence-electron chi connectivity index (χ4n) is 0.534. The molecule has 0 saturated heterocycles. The zero-order valence-corrected chi connectivity index (χ0v) is 7.39. The average molecular weight is 234 g/mol. The van der Waals surface area contributed by atoms with Crippen LogP contribution in [0.25, 0.3) is 0 Å². The summed E-state index contributed by atoms with van der Waals surface area (Å²) in [5.74, 6) is 0. The Hall–Kier alpha value is 0.172. The van der Waals surface area contributed by atoms with Crippen molar-refractivity contribution in [2.24, 2.45) is 0 Å². The molecule has 53 valence electrons. The summed E-state index contributed by atoms with van der Waals surface area (Å²) in [5.41, 5.74) is 1.32. The van der Waals surface area contributed by atoms with Crippen LogP contribution in [0.5, 0.6) is 0 Å². The molecule has 0 nitrogen and oxygen atoms in total. The molecule has 0 amide bonds. The average Bonchev–Trinajstić information content (AvgIpc) is 1.94. The van der Waals surface area contributed by atoms with Crippen molar-refractivity contribution in [2.45, 2.75) is 6.92 Å². The maximum atomic E-state index is 4.49. The van der Waals surface area contributed by atoms with Gasteiger partial charge in [-0.1, -0.05) is 35.9 Å². The molecule has 0 N–H and O–H groups in total. The summed E-state index contributed by atoms with van der Waals surface area (Å²) in [5, 5.41) is 0. The van der Waals surface area contributed by atoms with Crippen LogP contribution in [0, 0.1) is 6.92 Å². The molecule has 2 heteroatoms. The van der Waals surface area contributed by atoms with Gasteiger partial charge >= 0.3 is 27.7 Å². The van der Waals surface area contributed by atoms with Gasteiger partial charge in [0, 0.05) is 0 Å². The van der Waals surface area contributed by atoms with Gasteiger partial charge in [0.2, 0.25) is 0 Å². The summed E-state index contributed by atoms with van der Waals surface area (Å²) in [7, 11) is 4.49. The van der Waals surface area contributed by atoms with Crippen LogP contribution in [-0.2, 0) is 18.2 Å². The Morgan fingerprint density at radius 3 is 1.78 bits per heavy atom. The minimum atomic E-state index is 1.32. The van der Waals surface area contributed by atoms with E-state index in [-0.39, 0.29) is 0 Å². The summed E-state index contributed by atoms with van der Waals surface area (Å²) in [4.78, 5) is 0. The fourth-order valence-corrected chi connectivity index (χ4v) is 0.534. The predicted octanol–water partition coefficient (Wildman–Crippen LogP) is 2.68. The molecule has 0 aliphatic carbocycles. The van der Waals surface area contributed by atoms with E-state index in [0.717, 1.165) is 0 Å².